The second-order valence-electron chi connectivity index (χ2n) is 7.22. The number of ether oxygens (including phenoxy) is 1. The molecular weight excluding hydrogens is 410 g/mol. The molecule has 0 bridgehead atoms. The lowest BCUT2D eigenvalue weighted by atomic mass is 10.2. The Morgan fingerprint density at radius 3 is 2.65 bits per heavy atom. The molecule has 158 valence electrons. The number of hydrogen-bond donors (Lipinski definition) is 1. The van der Waals surface area contributed by atoms with Crippen molar-refractivity contribution in [2.75, 3.05) is 17.7 Å². The van der Waals surface area contributed by atoms with Gasteiger partial charge in [-0.2, -0.15) is 0 Å². The number of carbonyl (C=O) groups is 2. The molecule has 0 unspecified atom stereocenters. The highest BCUT2D eigenvalue weighted by molar-refractivity contribution is 8.00. The summed E-state index contributed by atoms with van der Waals surface area (Å²) < 4.78 is 4.86. The number of aromatic nitrogens is 2. The molecule has 1 fully saturated rings. The largest absolute Gasteiger partial charge is 0.463 e. The molecule has 0 radical (unpaired) electrons. The Bertz CT molecular complexity index is 1120. The van der Waals surface area contributed by atoms with Gasteiger partial charge in [0.15, 0.2) is 0 Å². The predicted molar refractivity (Wildman–Crippen MR) is 123 cm³/mol. The zero-order valence-electron chi connectivity index (χ0n) is 17.2. The van der Waals surface area contributed by atoms with Crippen LogP contribution in [0.25, 0.3) is 17.0 Å². The van der Waals surface area contributed by atoms with Crippen molar-refractivity contribution in [2.24, 2.45) is 0 Å². The van der Waals surface area contributed by atoms with Crippen LogP contribution in [0.1, 0.15) is 37.1 Å². The van der Waals surface area contributed by atoms with Crippen molar-refractivity contribution in [1.29, 1.82) is 0 Å². The molecule has 0 atom stereocenters. The average Bonchev–Trinajstić information content (AvgIpc) is 3.62. The van der Waals surface area contributed by atoms with Gasteiger partial charge in [-0.3, -0.25) is 4.79 Å². The van der Waals surface area contributed by atoms with Gasteiger partial charge in [-0.1, -0.05) is 42.1 Å². The van der Waals surface area contributed by atoms with E-state index in [1.165, 1.54) is 17.8 Å². The van der Waals surface area contributed by atoms with Crippen LogP contribution in [0.3, 0.4) is 0 Å². The van der Waals surface area contributed by atoms with Gasteiger partial charge in [0.05, 0.1) is 17.9 Å². The molecule has 4 rings (SSSR count). The Morgan fingerprint density at radius 1 is 1.13 bits per heavy atom. The van der Waals surface area contributed by atoms with E-state index in [0.29, 0.717) is 18.2 Å². The molecule has 0 saturated heterocycles. The third kappa shape index (κ3) is 5.70. The van der Waals surface area contributed by atoms with Crippen molar-refractivity contribution in [2.45, 2.75) is 30.7 Å². The summed E-state index contributed by atoms with van der Waals surface area (Å²) in [4.78, 5) is 33.3. The normalized spacial score (nSPS) is 13.5. The Labute approximate surface area is 185 Å². The van der Waals surface area contributed by atoms with Crippen molar-refractivity contribution in [3.8, 4) is 0 Å². The quantitative estimate of drug-likeness (QED) is 0.238. The number of amides is 1. The van der Waals surface area contributed by atoms with E-state index in [2.05, 4.69) is 10.3 Å². The molecule has 6 nitrogen and oxygen atoms in total. The molecule has 1 aromatic heterocycles. The summed E-state index contributed by atoms with van der Waals surface area (Å²) in [5.74, 6) is 1.12. The van der Waals surface area contributed by atoms with Gasteiger partial charge >= 0.3 is 5.97 Å². The summed E-state index contributed by atoms with van der Waals surface area (Å²) >= 11 is 1.43. The van der Waals surface area contributed by atoms with Crippen molar-refractivity contribution in [3.05, 3.63) is 66.0 Å². The molecule has 1 amide bonds. The molecule has 0 spiro atoms. The Balaban J connectivity index is 1.37. The first-order valence-corrected chi connectivity index (χ1v) is 11.2. The lowest BCUT2D eigenvalue weighted by molar-refractivity contribution is -0.137. The van der Waals surface area contributed by atoms with Gasteiger partial charge in [0, 0.05) is 23.1 Å². The number of rotatable bonds is 8. The van der Waals surface area contributed by atoms with Gasteiger partial charge in [-0.25, -0.2) is 14.8 Å². The van der Waals surface area contributed by atoms with Crippen LogP contribution in [-0.2, 0) is 14.3 Å². The van der Waals surface area contributed by atoms with Gasteiger partial charge in [-0.05, 0) is 49.6 Å². The van der Waals surface area contributed by atoms with E-state index in [-0.39, 0.29) is 17.6 Å². The fraction of sp³-hybridized carbons (Fsp3) is 0.250. The first-order valence-electron chi connectivity index (χ1n) is 10.3. The summed E-state index contributed by atoms with van der Waals surface area (Å²) in [5.41, 5.74) is 2.47. The molecule has 2 aromatic carbocycles. The van der Waals surface area contributed by atoms with Gasteiger partial charge in [-0.15, -0.1) is 0 Å². The summed E-state index contributed by atoms with van der Waals surface area (Å²) in [6.07, 6.45) is 5.33. The number of nitrogens with zero attached hydrogens (tertiary/aromatic N) is 2. The molecule has 1 N–H and O–H groups in total. The van der Waals surface area contributed by atoms with Crippen molar-refractivity contribution < 1.29 is 14.3 Å². The second-order valence-corrected chi connectivity index (χ2v) is 8.19. The summed E-state index contributed by atoms with van der Waals surface area (Å²) in [6.45, 7) is 2.11. The van der Waals surface area contributed by atoms with E-state index in [1.807, 2.05) is 36.4 Å². The number of nitrogens with one attached hydrogen (secondary N) is 1. The molecule has 1 saturated carbocycles. The fourth-order valence-electron chi connectivity index (χ4n) is 3.06. The first-order chi connectivity index (χ1) is 15.1. The van der Waals surface area contributed by atoms with Crippen molar-refractivity contribution in [3.63, 3.8) is 0 Å². The van der Waals surface area contributed by atoms with E-state index in [0.717, 1.165) is 40.2 Å². The number of para-hydroxylation sites is 1. The van der Waals surface area contributed by atoms with Gasteiger partial charge in [0.25, 0.3) is 0 Å². The van der Waals surface area contributed by atoms with Crippen LogP contribution >= 0.6 is 11.8 Å². The maximum atomic E-state index is 12.5. The molecule has 1 aliphatic carbocycles. The van der Waals surface area contributed by atoms with Crippen LogP contribution in [0.2, 0.25) is 0 Å². The highest BCUT2D eigenvalue weighted by atomic mass is 32.2. The van der Waals surface area contributed by atoms with Crippen LogP contribution in [0, 0.1) is 0 Å². The topological polar surface area (TPSA) is 81.2 Å². The number of thioether (sulfide) groups is 1. The Morgan fingerprint density at radius 2 is 1.90 bits per heavy atom. The summed E-state index contributed by atoms with van der Waals surface area (Å²) in [6, 6.07) is 15.2. The van der Waals surface area contributed by atoms with Crippen molar-refractivity contribution >= 4 is 46.3 Å². The minimum absolute atomic E-state index is 0.101. The monoisotopic (exact) mass is 433 g/mol. The number of carbonyl (C=O) groups excluding carboxylic acids is 2. The fourth-order valence-corrected chi connectivity index (χ4v) is 3.89. The zero-order chi connectivity index (χ0) is 21.6. The standard InChI is InChI=1S/C24H23N3O3S/c1-2-30-22(29)14-9-16-7-12-18(13-8-16)25-21(28)15-31-24-19-5-3-4-6-20(19)26-23(27-24)17-10-11-17/h3-9,12-14,17H,2,10-11,15H2,1H3,(H,25,28)/b14-9+. The number of hydrogen-bond acceptors (Lipinski definition) is 6. The minimum atomic E-state index is -0.376. The lowest BCUT2D eigenvalue weighted by Crippen LogP contribution is -2.14. The van der Waals surface area contributed by atoms with Crippen molar-refractivity contribution in [1.82, 2.24) is 9.97 Å². The minimum Gasteiger partial charge on any atom is -0.463 e. The highest BCUT2D eigenvalue weighted by Crippen LogP contribution is 2.39. The predicted octanol–water partition coefficient (Wildman–Crippen LogP) is 4.81. The second kappa shape index (κ2) is 9.75. The number of benzene rings is 2. The maximum Gasteiger partial charge on any atom is 0.330 e. The SMILES string of the molecule is CCOC(=O)/C=C/c1ccc(NC(=O)CSc2nc(C3CC3)nc3ccccc23)cc1. The van der Waals surface area contributed by atoms with E-state index in [4.69, 9.17) is 9.72 Å². The number of esters is 1. The van der Waals surface area contributed by atoms with Gasteiger partial charge in [0.1, 0.15) is 10.9 Å². The van der Waals surface area contributed by atoms with E-state index in [9.17, 15) is 9.59 Å². The zero-order valence-corrected chi connectivity index (χ0v) is 18.0. The van der Waals surface area contributed by atoms with Crippen LogP contribution < -0.4 is 5.32 Å². The maximum absolute atomic E-state index is 12.5. The van der Waals surface area contributed by atoms with Crippen LogP contribution in [0.4, 0.5) is 5.69 Å². The van der Waals surface area contributed by atoms with E-state index < -0.39 is 0 Å². The first kappa shape index (κ1) is 21.1. The molecule has 0 aliphatic heterocycles. The number of anilines is 1. The number of fused-ring (bicyclic) bond motifs is 1. The van der Waals surface area contributed by atoms with Crippen LogP contribution in [-0.4, -0.2) is 34.2 Å². The lowest BCUT2D eigenvalue weighted by Gasteiger charge is -2.09. The summed E-state index contributed by atoms with van der Waals surface area (Å²) in [5, 5.41) is 4.73. The van der Waals surface area contributed by atoms with Crippen LogP contribution in [0.15, 0.2) is 59.6 Å². The molecule has 7 heteroatoms. The molecule has 31 heavy (non-hydrogen) atoms. The summed E-state index contributed by atoms with van der Waals surface area (Å²) in [7, 11) is 0. The third-order valence-corrected chi connectivity index (χ3v) is 5.75. The van der Waals surface area contributed by atoms with Gasteiger partial charge in [0.2, 0.25) is 5.91 Å². The van der Waals surface area contributed by atoms with Gasteiger partial charge < -0.3 is 10.1 Å². The van der Waals surface area contributed by atoms with E-state index in [1.54, 1.807) is 25.1 Å². The Kier molecular flexibility index (Phi) is 6.62. The Hall–Kier alpha value is -3.19. The third-order valence-electron chi connectivity index (χ3n) is 4.76. The molecule has 1 aliphatic rings. The smallest absolute Gasteiger partial charge is 0.330 e. The average molecular weight is 434 g/mol. The molecule has 1 heterocycles. The van der Waals surface area contributed by atoms with Crippen LogP contribution in [0.5, 0.6) is 0 Å². The molecular formula is C24H23N3O3S. The highest BCUT2D eigenvalue weighted by Gasteiger charge is 2.27. The van der Waals surface area contributed by atoms with E-state index >= 15 is 0 Å². The molecule has 3 aromatic rings.